The van der Waals surface area contributed by atoms with Crippen LogP contribution >= 0.6 is 0 Å². The van der Waals surface area contributed by atoms with Crippen LogP contribution in [0.3, 0.4) is 0 Å². The van der Waals surface area contributed by atoms with E-state index in [1.165, 1.54) is 0 Å². The number of esters is 1. The fourth-order valence-corrected chi connectivity index (χ4v) is 4.44. The standard InChI is InChI=1S/C15H20O5/c1-7-4-5-9-8(2)13(18)20-12(9)14(3)10(16)6-11(17)15(7,14)19/h7,9,11-12,17,19H,2,4-6H2,1,3H3/t7-,9?,11+,12?,14-,15+/m0/s1. The maximum Gasteiger partial charge on any atom is 0.334 e. The number of carbonyl (C=O) groups excluding carboxylic acids is 2. The first kappa shape index (κ1) is 13.8. The van der Waals surface area contributed by atoms with E-state index in [1.54, 1.807) is 6.92 Å². The van der Waals surface area contributed by atoms with Gasteiger partial charge in [-0.1, -0.05) is 13.5 Å². The van der Waals surface area contributed by atoms with Crippen molar-refractivity contribution >= 4 is 11.8 Å². The molecule has 0 aromatic heterocycles. The van der Waals surface area contributed by atoms with E-state index in [9.17, 15) is 19.8 Å². The normalized spacial score (nSPS) is 51.5. The predicted molar refractivity (Wildman–Crippen MR) is 69.6 cm³/mol. The molecule has 5 heteroatoms. The van der Waals surface area contributed by atoms with Gasteiger partial charge in [0.15, 0.2) is 0 Å². The first-order valence-corrected chi connectivity index (χ1v) is 7.08. The molecule has 1 heterocycles. The van der Waals surface area contributed by atoms with Crippen LogP contribution in [0.15, 0.2) is 12.2 Å². The van der Waals surface area contributed by atoms with Crippen molar-refractivity contribution in [3.8, 4) is 0 Å². The number of ether oxygens (including phenoxy) is 1. The van der Waals surface area contributed by atoms with Gasteiger partial charge in [0.1, 0.15) is 17.5 Å². The molecule has 2 saturated carbocycles. The van der Waals surface area contributed by atoms with E-state index in [0.29, 0.717) is 18.4 Å². The maximum atomic E-state index is 12.5. The molecule has 1 aliphatic heterocycles. The SMILES string of the molecule is C=C1C(=O)OC2C1CC[C@H](C)[C@@]1(O)[C@H](O)CC(=O)[C@@]21C. The maximum absolute atomic E-state index is 12.5. The van der Waals surface area contributed by atoms with E-state index in [2.05, 4.69) is 6.58 Å². The minimum atomic E-state index is -1.55. The molecule has 0 amide bonds. The zero-order chi connectivity index (χ0) is 14.9. The molecular weight excluding hydrogens is 260 g/mol. The first-order chi connectivity index (χ1) is 9.24. The second kappa shape index (κ2) is 3.92. The molecule has 0 aromatic carbocycles. The molecule has 6 atom stereocenters. The number of hydrogen-bond acceptors (Lipinski definition) is 5. The topological polar surface area (TPSA) is 83.8 Å². The number of aliphatic hydroxyl groups excluding tert-OH is 1. The summed E-state index contributed by atoms with van der Waals surface area (Å²) in [6.07, 6.45) is -0.671. The van der Waals surface area contributed by atoms with Crippen molar-refractivity contribution in [3.05, 3.63) is 12.2 Å². The lowest BCUT2D eigenvalue weighted by Gasteiger charge is -2.45. The summed E-state index contributed by atoms with van der Waals surface area (Å²) in [5.41, 5.74) is -2.43. The van der Waals surface area contributed by atoms with Gasteiger partial charge in [0.05, 0.1) is 11.5 Å². The molecule has 3 fully saturated rings. The molecular formula is C15H20O5. The number of hydrogen-bond donors (Lipinski definition) is 2. The molecule has 20 heavy (non-hydrogen) atoms. The second-order valence-electron chi connectivity index (χ2n) is 6.61. The summed E-state index contributed by atoms with van der Waals surface area (Å²) in [7, 11) is 0. The van der Waals surface area contributed by atoms with Crippen LogP contribution < -0.4 is 0 Å². The third kappa shape index (κ3) is 1.30. The smallest absolute Gasteiger partial charge is 0.334 e. The van der Waals surface area contributed by atoms with Crippen molar-refractivity contribution in [3.63, 3.8) is 0 Å². The Balaban J connectivity index is 2.17. The van der Waals surface area contributed by atoms with Crippen LogP contribution in [-0.4, -0.2) is 39.8 Å². The van der Waals surface area contributed by atoms with Gasteiger partial charge in [-0.25, -0.2) is 4.79 Å². The lowest BCUT2D eigenvalue weighted by atomic mass is 9.64. The second-order valence-corrected chi connectivity index (χ2v) is 6.61. The van der Waals surface area contributed by atoms with Gasteiger partial charge in [0.25, 0.3) is 0 Å². The van der Waals surface area contributed by atoms with Gasteiger partial charge in [-0.15, -0.1) is 0 Å². The Morgan fingerprint density at radius 3 is 2.65 bits per heavy atom. The molecule has 110 valence electrons. The summed E-state index contributed by atoms with van der Waals surface area (Å²) in [5.74, 6) is -1.23. The summed E-state index contributed by atoms with van der Waals surface area (Å²) in [6.45, 7) is 7.23. The molecule has 0 radical (unpaired) electrons. The van der Waals surface area contributed by atoms with E-state index in [0.717, 1.165) is 0 Å². The van der Waals surface area contributed by atoms with Crippen LogP contribution in [0.2, 0.25) is 0 Å². The summed E-state index contributed by atoms with van der Waals surface area (Å²) in [6, 6.07) is 0. The molecule has 2 aliphatic carbocycles. The minimum Gasteiger partial charge on any atom is -0.457 e. The average molecular weight is 280 g/mol. The highest BCUT2D eigenvalue weighted by Gasteiger charge is 2.71. The van der Waals surface area contributed by atoms with Crippen LogP contribution in [0, 0.1) is 17.3 Å². The summed E-state index contributed by atoms with van der Waals surface area (Å²) in [4.78, 5) is 24.2. The Morgan fingerprint density at radius 1 is 1.35 bits per heavy atom. The van der Waals surface area contributed by atoms with Gasteiger partial charge in [0, 0.05) is 17.9 Å². The highest BCUT2D eigenvalue weighted by Crippen LogP contribution is 2.58. The van der Waals surface area contributed by atoms with Crippen molar-refractivity contribution in [2.45, 2.75) is 50.9 Å². The Labute approximate surface area is 117 Å². The Hall–Kier alpha value is -1.20. The third-order valence-electron chi connectivity index (χ3n) is 5.84. The Kier molecular flexibility index (Phi) is 2.70. The van der Waals surface area contributed by atoms with E-state index in [1.807, 2.05) is 6.92 Å². The van der Waals surface area contributed by atoms with Crippen molar-refractivity contribution in [1.82, 2.24) is 0 Å². The van der Waals surface area contributed by atoms with Crippen LogP contribution in [0.1, 0.15) is 33.1 Å². The molecule has 3 rings (SSSR count). The average Bonchev–Trinajstić information content (AvgIpc) is 2.74. The van der Waals surface area contributed by atoms with Gasteiger partial charge in [-0.3, -0.25) is 4.79 Å². The molecule has 5 nitrogen and oxygen atoms in total. The predicted octanol–water partition coefficient (Wildman–Crippen LogP) is 0.585. The Morgan fingerprint density at radius 2 is 2.00 bits per heavy atom. The number of aliphatic hydroxyl groups is 2. The molecule has 2 unspecified atom stereocenters. The summed E-state index contributed by atoms with van der Waals surface area (Å²) in [5, 5.41) is 21.3. The third-order valence-corrected chi connectivity index (χ3v) is 5.84. The number of fused-ring (bicyclic) bond motifs is 3. The molecule has 0 bridgehead atoms. The van der Waals surface area contributed by atoms with Crippen LogP contribution in [0.4, 0.5) is 0 Å². The molecule has 2 N–H and O–H groups in total. The monoisotopic (exact) mass is 280 g/mol. The molecule has 3 aliphatic rings. The van der Waals surface area contributed by atoms with Crippen LogP contribution in [0.25, 0.3) is 0 Å². The fraction of sp³-hybridized carbons (Fsp3) is 0.733. The molecule has 0 spiro atoms. The zero-order valence-corrected chi connectivity index (χ0v) is 11.8. The highest BCUT2D eigenvalue weighted by molar-refractivity contribution is 5.95. The first-order valence-electron chi connectivity index (χ1n) is 7.08. The summed E-state index contributed by atoms with van der Waals surface area (Å²) < 4.78 is 5.38. The largest absolute Gasteiger partial charge is 0.457 e. The number of rotatable bonds is 0. The van der Waals surface area contributed by atoms with Gasteiger partial charge in [-0.05, 0) is 25.7 Å². The molecule has 0 aromatic rings. The van der Waals surface area contributed by atoms with Crippen LogP contribution in [0.5, 0.6) is 0 Å². The van der Waals surface area contributed by atoms with E-state index < -0.39 is 29.2 Å². The van der Waals surface area contributed by atoms with Crippen LogP contribution in [-0.2, 0) is 14.3 Å². The Bertz CT molecular complexity index is 512. The van der Waals surface area contributed by atoms with E-state index in [4.69, 9.17) is 4.74 Å². The van der Waals surface area contributed by atoms with Crippen molar-refractivity contribution in [1.29, 1.82) is 0 Å². The van der Waals surface area contributed by atoms with Crippen molar-refractivity contribution in [2.75, 3.05) is 0 Å². The van der Waals surface area contributed by atoms with Gasteiger partial charge >= 0.3 is 5.97 Å². The lowest BCUT2D eigenvalue weighted by molar-refractivity contribution is -0.189. The van der Waals surface area contributed by atoms with Crippen molar-refractivity contribution in [2.24, 2.45) is 17.3 Å². The van der Waals surface area contributed by atoms with Crippen molar-refractivity contribution < 1.29 is 24.5 Å². The van der Waals surface area contributed by atoms with Gasteiger partial charge in [0.2, 0.25) is 0 Å². The summed E-state index contributed by atoms with van der Waals surface area (Å²) >= 11 is 0. The van der Waals surface area contributed by atoms with Gasteiger partial charge in [-0.2, -0.15) is 0 Å². The van der Waals surface area contributed by atoms with E-state index >= 15 is 0 Å². The number of carbonyl (C=O) groups is 2. The number of ketones is 1. The van der Waals surface area contributed by atoms with Gasteiger partial charge < -0.3 is 14.9 Å². The zero-order valence-electron chi connectivity index (χ0n) is 11.8. The number of Topliss-reactive ketones (excluding diaryl/α,β-unsaturated/α-hetero) is 1. The van der Waals surface area contributed by atoms with E-state index in [-0.39, 0.29) is 24.0 Å². The lowest BCUT2D eigenvalue weighted by Crippen LogP contribution is -2.60. The quantitative estimate of drug-likeness (QED) is 0.501. The fourth-order valence-electron chi connectivity index (χ4n) is 4.44. The highest BCUT2D eigenvalue weighted by atomic mass is 16.6. The minimum absolute atomic E-state index is 0.0927. The molecule has 1 saturated heterocycles.